The average molecular weight is 386 g/mol. The van der Waals surface area contributed by atoms with Gasteiger partial charge in [-0.3, -0.25) is 0 Å². The second kappa shape index (κ2) is 7.61. The molecule has 1 saturated heterocycles. The topological polar surface area (TPSA) is 92.5 Å². The van der Waals surface area contributed by atoms with Gasteiger partial charge in [-0.15, -0.1) is 0 Å². The molecule has 2 aromatic heterocycles. The Morgan fingerprint density at radius 2 is 1.89 bits per heavy atom. The van der Waals surface area contributed by atoms with Crippen LogP contribution in [0.4, 0.5) is 5.82 Å². The molecule has 1 aromatic carbocycles. The molecule has 3 aromatic rings. The molecule has 27 heavy (non-hydrogen) atoms. The Bertz CT molecular complexity index is 1000. The molecule has 142 valence electrons. The smallest absolute Gasteiger partial charge is 0.254 e. The lowest BCUT2D eigenvalue weighted by atomic mass is 10.1. The number of nitrogens with one attached hydrogen (secondary N) is 1. The first kappa shape index (κ1) is 17.9. The Morgan fingerprint density at radius 1 is 1.11 bits per heavy atom. The van der Waals surface area contributed by atoms with Gasteiger partial charge in [0.15, 0.2) is 9.84 Å². The van der Waals surface area contributed by atoms with E-state index in [0.29, 0.717) is 18.9 Å². The number of rotatable bonds is 6. The van der Waals surface area contributed by atoms with Crippen molar-refractivity contribution in [2.24, 2.45) is 0 Å². The van der Waals surface area contributed by atoms with E-state index in [1.165, 1.54) is 6.33 Å². The van der Waals surface area contributed by atoms with Crippen LogP contribution in [0.25, 0.3) is 17.0 Å². The van der Waals surface area contributed by atoms with Gasteiger partial charge in [0.1, 0.15) is 12.1 Å². The van der Waals surface area contributed by atoms with Gasteiger partial charge < -0.3 is 10.2 Å². The van der Waals surface area contributed by atoms with E-state index in [1.807, 2.05) is 36.4 Å². The fourth-order valence-electron chi connectivity index (χ4n) is 3.19. The summed E-state index contributed by atoms with van der Waals surface area (Å²) in [5.74, 6) is 1.94. The predicted octanol–water partition coefficient (Wildman–Crippen LogP) is 1.32. The minimum Gasteiger partial charge on any atom is -0.370 e. The van der Waals surface area contributed by atoms with Crippen LogP contribution in [-0.2, 0) is 9.84 Å². The summed E-state index contributed by atoms with van der Waals surface area (Å²) in [7, 11) is -2.82. The highest BCUT2D eigenvalue weighted by molar-refractivity contribution is 7.91. The number of benzene rings is 1. The lowest BCUT2D eigenvalue weighted by Crippen LogP contribution is -2.41. The van der Waals surface area contributed by atoms with E-state index in [-0.39, 0.29) is 11.5 Å². The van der Waals surface area contributed by atoms with Crippen LogP contribution in [0, 0.1) is 0 Å². The highest BCUT2D eigenvalue weighted by atomic mass is 32.2. The lowest BCUT2D eigenvalue weighted by Gasteiger charge is -2.26. The minimum atomic E-state index is -2.82. The van der Waals surface area contributed by atoms with Gasteiger partial charge in [-0.2, -0.15) is 14.6 Å². The molecule has 0 unspecified atom stereocenters. The van der Waals surface area contributed by atoms with Gasteiger partial charge in [0.05, 0.1) is 17.2 Å². The van der Waals surface area contributed by atoms with Gasteiger partial charge in [0.2, 0.25) is 0 Å². The van der Waals surface area contributed by atoms with Crippen molar-refractivity contribution < 1.29 is 8.42 Å². The van der Waals surface area contributed by atoms with Crippen molar-refractivity contribution in [1.82, 2.24) is 24.5 Å². The van der Waals surface area contributed by atoms with E-state index in [4.69, 9.17) is 0 Å². The van der Waals surface area contributed by atoms with Crippen LogP contribution >= 0.6 is 0 Å². The van der Waals surface area contributed by atoms with Crippen molar-refractivity contribution in [3.63, 3.8) is 0 Å². The zero-order valence-corrected chi connectivity index (χ0v) is 15.8. The number of aromatic nitrogens is 4. The molecule has 1 aliphatic rings. The van der Waals surface area contributed by atoms with Crippen LogP contribution in [0.15, 0.2) is 42.7 Å². The molecular weight excluding hydrogens is 364 g/mol. The number of nitrogens with zero attached hydrogens (tertiary/aromatic N) is 5. The number of hydrogen-bond acceptors (Lipinski definition) is 7. The zero-order chi connectivity index (χ0) is 18.7. The Balaban J connectivity index is 1.41. The largest absolute Gasteiger partial charge is 0.370 e. The van der Waals surface area contributed by atoms with Crippen molar-refractivity contribution in [2.75, 3.05) is 43.0 Å². The number of fused-ring (bicyclic) bond motifs is 1. The van der Waals surface area contributed by atoms with E-state index in [0.717, 1.165) is 36.6 Å². The molecule has 0 bridgehead atoms. The monoisotopic (exact) mass is 386 g/mol. The maximum atomic E-state index is 11.5. The molecule has 3 heterocycles. The maximum Gasteiger partial charge on any atom is 0.254 e. The van der Waals surface area contributed by atoms with Gasteiger partial charge in [-0.25, -0.2) is 13.4 Å². The Morgan fingerprint density at radius 3 is 2.67 bits per heavy atom. The first-order valence-corrected chi connectivity index (χ1v) is 10.9. The maximum absolute atomic E-state index is 11.5. The number of anilines is 1. The molecule has 4 rings (SSSR count). The standard InChI is InChI=1S/C18H22N6O2S/c25-27(26)11-9-23(10-12-27)8-4-7-19-17-13-16(15-5-2-1-3-6-15)22-18-20-14-21-24(17)18/h1-3,5-6,13-14,19H,4,7-12H2. The quantitative estimate of drug-likeness (QED) is 0.639. The second-order valence-corrected chi connectivity index (χ2v) is 8.94. The summed E-state index contributed by atoms with van der Waals surface area (Å²) < 4.78 is 24.7. The van der Waals surface area contributed by atoms with Gasteiger partial charge in [0, 0.05) is 31.3 Å². The van der Waals surface area contributed by atoms with E-state index in [9.17, 15) is 8.42 Å². The SMILES string of the molecule is O=S1(=O)CCN(CCCNc2cc(-c3ccccc3)nc3ncnn23)CC1. The first-order valence-electron chi connectivity index (χ1n) is 9.04. The molecule has 0 radical (unpaired) electrons. The van der Waals surface area contributed by atoms with Gasteiger partial charge in [0.25, 0.3) is 5.78 Å². The van der Waals surface area contributed by atoms with E-state index < -0.39 is 9.84 Å². The molecule has 0 saturated carbocycles. The molecular formula is C18H22N6O2S. The molecule has 0 aliphatic carbocycles. The van der Waals surface area contributed by atoms with Crippen LogP contribution in [0.2, 0.25) is 0 Å². The highest BCUT2D eigenvalue weighted by Gasteiger charge is 2.20. The summed E-state index contributed by atoms with van der Waals surface area (Å²) in [6.45, 7) is 2.89. The molecule has 1 N–H and O–H groups in total. The molecule has 9 heteroatoms. The van der Waals surface area contributed by atoms with Crippen molar-refractivity contribution in [3.05, 3.63) is 42.7 Å². The molecule has 1 fully saturated rings. The fourth-order valence-corrected chi connectivity index (χ4v) is 4.46. The lowest BCUT2D eigenvalue weighted by molar-refractivity contribution is 0.294. The highest BCUT2D eigenvalue weighted by Crippen LogP contribution is 2.21. The van der Waals surface area contributed by atoms with Gasteiger partial charge in [-0.1, -0.05) is 30.3 Å². The molecule has 8 nitrogen and oxygen atoms in total. The van der Waals surface area contributed by atoms with Gasteiger partial charge >= 0.3 is 0 Å². The van der Waals surface area contributed by atoms with Crippen LogP contribution in [0.3, 0.4) is 0 Å². The van der Waals surface area contributed by atoms with Crippen molar-refractivity contribution in [2.45, 2.75) is 6.42 Å². The molecule has 1 aliphatic heterocycles. The summed E-state index contributed by atoms with van der Waals surface area (Å²) in [4.78, 5) is 11.0. The van der Waals surface area contributed by atoms with Crippen molar-refractivity contribution in [1.29, 1.82) is 0 Å². The van der Waals surface area contributed by atoms with E-state index in [1.54, 1.807) is 4.52 Å². The van der Waals surface area contributed by atoms with Crippen LogP contribution in [0.5, 0.6) is 0 Å². The summed E-state index contributed by atoms with van der Waals surface area (Å²) in [6, 6.07) is 12.0. The normalized spacial score (nSPS) is 17.2. The fraction of sp³-hybridized carbons (Fsp3) is 0.389. The third-order valence-electron chi connectivity index (χ3n) is 4.72. The van der Waals surface area contributed by atoms with Crippen LogP contribution in [0.1, 0.15) is 6.42 Å². The third-order valence-corrected chi connectivity index (χ3v) is 6.32. The summed E-state index contributed by atoms with van der Waals surface area (Å²) in [6.07, 6.45) is 2.41. The van der Waals surface area contributed by atoms with Crippen LogP contribution < -0.4 is 5.32 Å². The Labute approximate surface area is 158 Å². The molecule has 0 atom stereocenters. The van der Waals surface area contributed by atoms with E-state index >= 15 is 0 Å². The molecule has 0 spiro atoms. The minimum absolute atomic E-state index is 0.269. The Hall–Kier alpha value is -2.52. The predicted molar refractivity (Wildman–Crippen MR) is 104 cm³/mol. The zero-order valence-electron chi connectivity index (χ0n) is 15.0. The third kappa shape index (κ3) is 4.25. The van der Waals surface area contributed by atoms with Crippen molar-refractivity contribution >= 4 is 21.4 Å². The number of sulfone groups is 1. The van der Waals surface area contributed by atoms with Crippen molar-refractivity contribution in [3.8, 4) is 11.3 Å². The average Bonchev–Trinajstić information content (AvgIpc) is 3.16. The van der Waals surface area contributed by atoms with Crippen LogP contribution in [-0.4, -0.2) is 70.6 Å². The number of hydrogen-bond donors (Lipinski definition) is 1. The van der Waals surface area contributed by atoms with Gasteiger partial charge in [-0.05, 0) is 13.0 Å². The first-order chi connectivity index (χ1) is 13.1. The summed E-state index contributed by atoms with van der Waals surface area (Å²) >= 11 is 0. The van der Waals surface area contributed by atoms with E-state index in [2.05, 4.69) is 25.3 Å². The summed E-state index contributed by atoms with van der Waals surface area (Å²) in [5.41, 5.74) is 1.88. The Kier molecular flexibility index (Phi) is 5.04. The summed E-state index contributed by atoms with van der Waals surface area (Å²) in [5, 5.41) is 7.66. The molecule has 0 amide bonds. The second-order valence-electron chi connectivity index (χ2n) is 6.64.